The molecule has 0 atom stereocenters. The predicted octanol–water partition coefficient (Wildman–Crippen LogP) is 7.10. The minimum Gasteiger partial charge on any atom is -0.0654 e. The first kappa shape index (κ1) is 18.3. The minimum absolute atomic E-state index is 1.28. The largest absolute Gasteiger partial charge is 0.0654 e. The van der Waals surface area contributed by atoms with Crippen LogP contribution in [-0.2, 0) is 12.8 Å². The van der Waals surface area contributed by atoms with Gasteiger partial charge in [-0.3, -0.25) is 0 Å². The second-order valence-electron chi connectivity index (χ2n) is 6.45. The maximum Gasteiger partial charge on any atom is -0.0276 e. The first-order chi connectivity index (χ1) is 10.4. The normalized spacial score (nSPS) is 11.0. The zero-order valence-corrected chi connectivity index (χ0v) is 14.5. The lowest BCUT2D eigenvalue weighted by Crippen LogP contribution is -1.95. The molecule has 0 aliphatic rings. The monoisotopic (exact) mass is 288 g/mol. The number of rotatable bonds is 13. The van der Waals surface area contributed by atoms with Gasteiger partial charge in [0.05, 0.1) is 0 Å². The summed E-state index contributed by atoms with van der Waals surface area (Å²) in [6.07, 6.45) is 17.9. The number of hydrogen-bond acceptors (Lipinski definition) is 0. The van der Waals surface area contributed by atoms with E-state index in [0.29, 0.717) is 0 Å². The van der Waals surface area contributed by atoms with Crippen molar-refractivity contribution in [3.8, 4) is 0 Å². The molecule has 21 heavy (non-hydrogen) atoms. The lowest BCUT2D eigenvalue weighted by molar-refractivity contribution is 0.588. The molecule has 0 heterocycles. The van der Waals surface area contributed by atoms with Crippen molar-refractivity contribution in [1.29, 1.82) is 0 Å². The van der Waals surface area contributed by atoms with Crippen molar-refractivity contribution in [2.75, 3.05) is 0 Å². The average Bonchev–Trinajstić information content (AvgIpc) is 2.52. The van der Waals surface area contributed by atoms with Crippen LogP contribution in [0.1, 0.15) is 95.6 Å². The highest BCUT2D eigenvalue weighted by Gasteiger charge is 2.02. The molecule has 0 spiro atoms. The van der Waals surface area contributed by atoms with Crippen LogP contribution in [-0.4, -0.2) is 0 Å². The van der Waals surface area contributed by atoms with Crippen LogP contribution in [0.2, 0.25) is 0 Å². The fourth-order valence-electron chi connectivity index (χ4n) is 3.06. The zero-order valence-electron chi connectivity index (χ0n) is 14.5. The summed E-state index contributed by atoms with van der Waals surface area (Å²) in [6.45, 7) is 4.58. The predicted molar refractivity (Wildman–Crippen MR) is 96.0 cm³/mol. The quantitative estimate of drug-likeness (QED) is 0.339. The molecule has 0 nitrogen and oxygen atoms in total. The van der Waals surface area contributed by atoms with Crippen LogP contribution in [0.4, 0.5) is 0 Å². The van der Waals surface area contributed by atoms with E-state index in [1.807, 2.05) is 0 Å². The lowest BCUT2D eigenvalue weighted by atomic mass is 9.96. The number of benzene rings is 1. The minimum atomic E-state index is 1.28. The van der Waals surface area contributed by atoms with Crippen molar-refractivity contribution < 1.29 is 0 Å². The molecule has 0 aliphatic carbocycles. The standard InChI is InChI=1S/C21H36/c1-3-5-7-9-10-11-13-17-21-19-15-14-18-20(21)16-12-8-6-4-2/h14-15,18-19H,3-13,16-17H2,1-2H3. The second kappa shape index (κ2) is 12.9. The van der Waals surface area contributed by atoms with Crippen LogP contribution in [0, 0.1) is 0 Å². The van der Waals surface area contributed by atoms with Gasteiger partial charge in [-0.15, -0.1) is 0 Å². The molecule has 0 heteroatoms. The van der Waals surface area contributed by atoms with E-state index in [9.17, 15) is 0 Å². The van der Waals surface area contributed by atoms with Gasteiger partial charge in [0, 0.05) is 0 Å². The summed E-state index contributed by atoms with van der Waals surface area (Å²) in [5, 5.41) is 0. The van der Waals surface area contributed by atoms with Gasteiger partial charge in [0.25, 0.3) is 0 Å². The Hall–Kier alpha value is -0.780. The summed E-state index contributed by atoms with van der Waals surface area (Å²) in [6, 6.07) is 9.13. The molecule has 0 saturated carbocycles. The van der Waals surface area contributed by atoms with E-state index in [1.165, 1.54) is 83.5 Å². The van der Waals surface area contributed by atoms with E-state index in [2.05, 4.69) is 38.1 Å². The zero-order chi connectivity index (χ0) is 15.2. The molecule has 1 rings (SSSR count). The summed E-state index contributed by atoms with van der Waals surface area (Å²) >= 11 is 0. The van der Waals surface area contributed by atoms with Gasteiger partial charge in [0.1, 0.15) is 0 Å². The van der Waals surface area contributed by atoms with Crippen LogP contribution < -0.4 is 0 Å². The maximum absolute atomic E-state index is 2.35. The van der Waals surface area contributed by atoms with Crippen LogP contribution in [0.15, 0.2) is 24.3 Å². The van der Waals surface area contributed by atoms with Gasteiger partial charge in [-0.05, 0) is 36.8 Å². The van der Waals surface area contributed by atoms with Gasteiger partial charge in [0.15, 0.2) is 0 Å². The van der Waals surface area contributed by atoms with Gasteiger partial charge in [0.2, 0.25) is 0 Å². The van der Waals surface area contributed by atoms with Crippen molar-refractivity contribution in [2.24, 2.45) is 0 Å². The Bertz CT molecular complexity index is 340. The molecular weight excluding hydrogens is 252 g/mol. The lowest BCUT2D eigenvalue weighted by Gasteiger charge is -2.09. The Balaban J connectivity index is 2.21. The third-order valence-corrected chi connectivity index (χ3v) is 4.47. The fraction of sp³-hybridized carbons (Fsp3) is 0.714. The van der Waals surface area contributed by atoms with E-state index >= 15 is 0 Å². The molecule has 0 aromatic heterocycles. The molecule has 0 aliphatic heterocycles. The Morgan fingerprint density at radius 1 is 0.524 bits per heavy atom. The highest BCUT2D eigenvalue weighted by molar-refractivity contribution is 5.27. The van der Waals surface area contributed by atoms with Crippen LogP contribution in [0.5, 0.6) is 0 Å². The third-order valence-electron chi connectivity index (χ3n) is 4.47. The van der Waals surface area contributed by atoms with Gasteiger partial charge < -0.3 is 0 Å². The summed E-state index contributed by atoms with van der Waals surface area (Å²) in [4.78, 5) is 0. The molecule has 0 saturated heterocycles. The highest BCUT2D eigenvalue weighted by Crippen LogP contribution is 2.17. The summed E-state index contributed by atoms with van der Waals surface area (Å²) in [5.41, 5.74) is 3.22. The van der Waals surface area contributed by atoms with E-state index in [1.54, 1.807) is 11.1 Å². The smallest absolute Gasteiger partial charge is 0.0276 e. The molecule has 0 fully saturated rings. The number of hydrogen-bond donors (Lipinski definition) is 0. The first-order valence-corrected chi connectivity index (χ1v) is 9.45. The molecular formula is C21H36. The Kier molecular flexibility index (Phi) is 11.2. The molecule has 120 valence electrons. The molecule has 1 aromatic carbocycles. The number of unbranched alkanes of at least 4 members (excludes halogenated alkanes) is 9. The van der Waals surface area contributed by atoms with Crippen molar-refractivity contribution in [1.82, 2.24) is 0 Å². The van der Waals surface area contributed by atoms with E-state index in [4.69, 9.17) is 0 Å². The fourth-order valence-corrected chi connectivity index (χ4v) is 3.06. The molecule has 0 bridgehead atoms. The average molecular weight is 289 g/mol. The molecule has 0 N–H and O–H groups in total. The number of aryl methyl sites for hydroxylation is 2. The molecule has 0 amide bonds. The van der Waals surface area contributed by atoms with Crippen LogP contribution in [0.3, 0.4) is 0 Å². The van der Waals surface area contributed by atoms with Crippen molar-refractivity contribution in [3.05, 3.63) is 35.4 Å². The second-order valence-corrected chi connectivity index (χ2v) is 6.45. The van der Waals surface area contributed by atoms with E-state index < -0.39 is 0 Å². The van der Waals surface area contributed by atoms with Gasteiger partial charge in [-0.25, -0.2) is 0 Å². The molecule has 0 radical (unpaired) electrons. The van der Waals surface area contributed by atoms with Gasteiger partial charge in [-0.2, -0.15) is 0 Å². The summed E-state index contributed by atoms with van der Waals surface area (Å²) in [7, 11) is 0. The maximum atomic E-state index is 2.35. The summed E-state index contributed by atoms with van der Waals surface area (Å²) in [5.74, 6) is 0. The van der Waals surface area contributed by atoms with Crippen molar-refractivity contribution >= 4 is 0 Å². The van der Waals surface area contributed by atoms with E-state index in [0.717, 1.165) is 0 Å². The van der Waals surface area contributed by atoms with Crippen LogP contribution >= 0.6 is 0 Å². The topological polar surface area (TPSA) is 0 Å². The Morgan fingerprint density at radius 2 is 0.905 bits per heavy atom. The van der Waals surface area contributed by atoms with Gasteiger partial charge in [-0.1, -0.05) is 95.9 Å². The first-order valence-electron chi connectivity index (χ1n) is 9.45. The van der Waals surface area contributed by atoms with Crippen LogP contribution in [0.25, 0.3) is 0 Å². The molecule has 0 unspecified atom stereocenters. The van der Waals surface area contributed by atoms with Gasteiger partial charge >= 0.3 is 0 Å². The Labute approximate surface area is 133 Å². The highest BCUT2D eigenvalue weighted by atomic mass is 14.1. The Morgan fingerprint density at radius 3 is 1.38 bits per heavy atom. The van der Waals surface area contributed by atoms with E-state index in [-0.39, 0.29) is 0 Å². The third kappa shape index (κ3) is 8.96. The van der Waals surface area contributed by atoms with Crippen molar-refractivity contribution in [3.63, 3.8) is 0 Å². The SMILES string of the molecule is CCCCCCCCCc1ccccc1CCCCCC. The van der Waals surface area contributed by atoms with Crippen molar-refractivity contribution in [2.45, 2.75) is 97.3 Å². The summed E-state index contributed by atoms with van der Waals surface area (Å²) < 4.78 is 0. The molecule has 1 aromatic rings.